The number of fused-ring (bicyclic) bond motifs is 1. The number of aryl methyl sites for hydroxylation is 1. The molecule has 4 aromatic rings. The fraction of sp³-hybridized carbons (Fsp3) is 0.0625. The fourth-order valence-electron chi connectivity index (χ4n) is 2.32. The number of para-hydroxylation sites is 2. The molecule has 102 valence electrons. The molecule has 0 saturated carbocycles. The van der Waals surface area contributed by atoms with E-state index in [9.17, 15) is 0 Å². The van der Waals surface area contributed by atoms with Gasteiger partial charge in [0.25, 0.3) is 0 Å². The molecule has 3 heterocycles. The summed E-state index contributed by atoms with van der Waals surface area (Å²) >= 11 is 0. The second-order valence-electron chi connectivity index (χ2n) is 4.78. The molecule has 0 amide bonds. The third-order valence-electron chi connectivity index (χ3n) is 3.26. The summed E-state index contributed by atoms with van der Waals surface area (Å²) in [5.41, 5.74) is 3.47. The van der Waals surface area contributed by atoms with Crippen molar-refractivity contribution in [2.45, 2.75) is 6.92 Å². The lowest BCUT2D eigenvalue weighted by atomic mass is 10.3. The van der Waals surface area contributed by atoms with E-state index in [-0.39, 0.29) is 0 Å². The number of aromatic nitrogens is 4. The first-order valence-electron chi connectivity index (χ1n) is 6.64. The van der Waals surface area contributed by atoms with Crippen molar-refractivity contribution in [3.05, 3.63) is 60.6 Å². The highest BCUT2D eigenvalue weighted by molar-refractivity contribution is 5.74. The van der Waals surface area contributed by atoms with Crippen molar-refractivity contribution in [3.63, 3.8) is 0 Å². The molecule has 0 unspecified atom stereocenters. The van der Waals surface area contributed by atoms with Crippen LogP contribution >= 0.6 is 0 Å². The molecule has 5 heteroatoms. The predicted octanol–water partition coefficient (Wildman–Crippen LogP) is 3.38. The third-order valence-corrected chi connectivity index (χ3v) is 3.26. The van der Waals surface area contributed by atoms with Crippen LogP contribution in [0.4, 0.5) is 0 Å². The van der Waals surface area contributed by atoms with Crippen LogP contribution in [0.25, 0.3) is 28.3 Å². The van der Waals surface area contributed by atoms with Crippen molar-refractivity contribution < 1.29 is 4.42 Å². The van der Waals surface area contributed by atoms with Gasteiger partial charge in [0.1, 0.15) is 5.69 Å². The van der Waals surface area contributed by atoms with Crippen LogP contribution in [0.5, 0.6) is 0 Å². The summed E-state index contributed by atoms with van der Waals surface area (Å²) in [5.74, 6) is 1.43. The van der Waals surface area contributed by atoms with Gasteiger partial charge >= 0.3 is 0 Å². The molecule has 0 N–H and O–H groups in total. The van der Waals surface area contributed by atoms with Gasteiger partial charge < -0.3 is 4.42 Å². The third kappa shape index (κ3) is 1.99. The van der Waals surface area contributed by atoms with Crippen LogP contribution in [-0.2, 0) is 0 Å². The molecular weight excluding hydrogens is 264 g/mol. The largest absolute Gasteiger partial charge is 0.463 e. The Bertz CT molecular complexity index is 909. The molecule has 0 saturated heterocycles. The molecule has 0 aliphatic rings. The molecule has 0 bridgehead atoms. The van der Waals surface area contributed by atoms with E-state index in [4.69, 9.17) is 4.42 Å². The summed E-state index contributed by atoms with van der Waals surface area (Å²) in [4.78, 5) is 9.06. The van der Waals surface area contributed by atoms with Gasteiger partial charge in [0.05, 0.1) is 29.2 Å². The molecule has 0 aliphatic carbocycles. The zero-order valence-corrected chi connectivity index (χ0v) is 11.4. The quantitative estimate of drug-likeness (QED) is 0.563. The van der Waals surface area contributed by atoms with Crippen LogP contribution in [0.1, 0.15) is 5.69 Å². The zero-order chi connectivity index (χ0) is 14.2. The van der Waals surface area contributed by atoms with E-state index >= 15 is 0 Å². The maximum absolute atomic E-state index is 5.47. The topological polar surface area (TPSA) is 56.7 Å². The van der Waals surface area contributed by atoms with E-state index < -0.39 is 0 Å². The summed E-state index contributed by atoms with van der Waals surface area (Å²) in [7, 11) is 0. The lowest BCUT2D eigenvalue weighted by Gasteiger charge is -2.05. The molecule has 0 spiro atoms. The number of hydrogen-bond donors (Lipinski definition) is 0. The van der Waals surface area contributed by atoms with Crippen LogP contribution in [0.2, 0.25) is 0 Å². The Hall–Kier alpha value is -2.95. The predicted molar refractivity (Wildman–Crippen MR) is 79.1 cm³/mol. The first-order valence-corrected chi connectivity index (χ1v) is 6.64. The Labute approximate surface area is 120 Å². The summed E-state index contributed by atoms with van der Waals surface area (Å²) < 4.78 is 7.23. The average Bonchev–Trinajstić information content (AvgIpc) is 3.15. The number of nitrogens with zero attached hydrogens (tertiary/aromatic N) is 4. The number of rotatable bonds is 2. The maximum Gasteiger partial charge on any atom is 0.173 e. The summed E-state index contributed by atoms with van der Waals surface area (Å²) in [6.45, 7) is 1.94. The lowest BCUT2D eigenvalue weighted by Crippen LogP contribution is -2.02. The van der Waals surface area contributed by atoms with Crippen LogP contribution in [0.15, 0.2) is 59.3 Å². The van der Waals surface area contributed by atoms with Gasteiger partial charge in [-0.25, -0.2) is 9.67 Å². The van der Waals surface area contributed by atoms with Gasteiger partial charge in [-0.05, 0) is 37.3 Å². The van der Waals surface area contributed by atoms with E-state index in [1.165, 1.54) is 0 Å². The SMILES string of the molecule is Cc1cc(-c2ccco2)n(-c2cnc3ccccc3n2)n1. The maximum atomic E-state index is 5.47. The minimum absolute atomic E-state index is 0.674. The van der Waals surface area contributed by atoms with E-state index in [0.29, 0.717) is 5.82 Å². The molecule has 0 radical (unpaired) electrons. The van der Waals surface area contributed by atoms with E-state index in [0.717, 1.165) is 28.2 Å². The number of hydrogen-bond acceptors (Lipinski definition) is 4. The van der Waals surface area contributed by atoms with Crippen molar-refractivity contribution in [2.75, 3.05) is 0 Å². The standard InChI is InChI=1S/C16H12N4O/c1-11-9-14(15-7-4-8-21-15)20(19-11)16-10-17-12-5-2-3-6-13(12)18-16/h2-10H,1H3. The normalized spacial score (nSPS) is 11.1. The van der Waals surface area contributed by atoms with Crippen LogP contribution in [-0.4, -0.2) is 19.7 Å². The Balaban J connectivity index is 1.92. The van der Waals surface area contributed by atoms with E-state index in [1.54, 1.807) is 17.1 Å². The second-order valence-corrected chi connectivity index (χ2v) is 4.78. The van der Waals surface area contributed by atoms with Gasteiger partial charge in [-0.1, -0.05) is 12.1 Å². The first kappa shape index (κ1) is 11.8. The van der Waals surface area contributed by atoms with Gasteiger partial charge in [0, 0.05) is 0 Å². The molecule has 5 nitrogen and oxygen atoms in total. The Morgan fingerprint density at radius 2 is 1.90 bits per heavy atom. The van der Waals surface area contributed by atoms with Crippen molar-refractivity contribution in [2.24, 2.45) is 0 Å². The van der Waals surface area contributed by atoms with Crippen molar-refractivity contribution in [3.8, 4) is 17.3 Å². The van der Waals surface area contributed by atoms with Crippen molar-refractivity contribution in [1.82, 2.24) is 19.7 Å². The Morgan fingerprint density at radius 3 is 2.71 bits per heavy atom. The summed E-state index contributed by atoms with van der Waals surface area (Å²) in [6.07, 6.45) is 3.37. The molecule has 0 aliphatic heterocycles. The smallest absolute Gasteiger partial charge is 0.173 e. The van der Waals surface area contributed by atoms with Gasteiger partial charge in [-0.3, -0.25) is 4.98 Å². The monoisotopic (exact) mass is 276 g/mol. The average molecular weight is 276 g/mol. The molecular formula is C16H12N4O. The number of furan rings is 1. The lowest BCUT2D eigenvalue weighted by molar-refractivity contribution is 0.576. The first-order chi connectivity index (χ1) is 10.3. The summed E-state index contributed by atoms with van der Waals surface area (Å²) in [6, 6.07) is 13.5. The highest BCUT2D eigenvalue weighted by Gasteiger charge is 2.13. The molecule has 4 rings (SSSR count). The van der Waals surface area contributed by atoms with Crippen LogP contribution in [0, 0.1) is 6.92 Å². The van der Waals surface area contributed by atoms with Gasteiger partial charge in [-0.2, -0.15) is 5.10 Å². The molecule has 3 aromatic heterocycles. The molecule has 0 fully saturated rings. The van der Waals surface area contributed by atoms with Crippen LogP contribution in [0.3, 0.4) is 0 Å². The van der Waals surface area contributed by atoms with Gasteiger partial charge in [0.2, 0.25) is 0 Å². The zero-order valence-electron chi connectivity index (χ0n) is 11.4. The summed E-state index contributed by atoms with van der Waals surface area (Å²) in [5, 5.41) is 4.50. The minimum Gasteiger partial charge on any atom is -0.463 e. The highest BCUT2D eigenvalue weighted by atomic mass is 16.3. The Kier molecular flexibility index (Phi) is 2.57. The molecule has 21 heavy (non-hydrogen) atoms. The fourth-order valence-corrected chi connectivity index (χ4v) is 2.32. The Morgan fingerprint density at radius 1 is 1.05 bits per heavy atom. The molecule has 0 atom stereocenters. The van der Waals surface area contributed by atoms with Crippen molar-refractivity contribution >= 4 is 11.0 Å². The van der Waals surface area contributed by atoms with E-state index in [1.807, 2.05) is 49.4 Å². The van der Waals surface area contributed by atoms with Gasteiger partial charge in [-0.15, -0.1) is 0 Å². The number of benzene rings is 1. The minimum atomic E-state index is 0.674. The van der Waals surface area contributed by atoms with Crippen molar-refractivity contribution in [1.29, 1.82) is 0 Å². The van der Waals surface area contributed by atoms with Gasteiger partial charge in [0.15, 0.2) is 11.6 Å². The van der Waals surface area contributed by atoms with Crippen LogP contribution < -0.4 is 0 Å². The second kappa shape index (κ2) is 4.56. The molecule has 1 aromatic carbocycles. The van der Waals surface area contributed by atoms with E-state index in [2.05, 4.69) is 15.1 Å². The highest BCUT2D eigenvalue weighted by Crippen LogP contribution is 2.24.